The Kier molecular flexibility index (Phi) is 4.13. The smallest absolute Gasteiger partial charge is 0.141 e. The second-order valence-electron chi connectivity index (χ2n) is 7.11. The number of hydrogen-bond donors (Lipinski definition) is 0. The lowest BCUT2D eigenvalue weighted by Crippen LogP contribution is -2.28. The summed E-state index contributed by atoms with van der Waals surface area (Å²) < 4.78 is 0. The van der Waals surface area contributed by atoms with E-state index < -0.39 is 0 Å². The summed E-state index contributed by atoms with van der Waals surface area (Å²) in [5.41, 5.74) is 4.15. The van der Waals surface area contributed by atoms with Crippen LogP contribution in [0.3, 0.4) is 0 Å². The molecule has 0 saturated carbocycles. The molecule has 4 aromatic rings. The zero-order chi connectivity index (χ0) is 18.2. The molecule has 1 atom stereocenters. The molecule has 27 heavy (non-hydrogen) atoms. The highest BCUT2D eigenvalue weighted by atomic mass is 32.1. The van der Waals surface area contributed by atoms with E-state index in [9.17, 15) is 0 Å². The van der Waals surface area contributed by atoms with Gasteiger partial charge < -0.3 is 4.90 Å². The fraction of sp³-hybridized carbons (Fsp3) is 0.217. The minimum absolute atomic E-state index is 0.369. The molecule has 0 unspecified atom stereocenters. The zero-order valence-corrected chi connectivity index (χ0v) is 16.1. The number of benzene rings is 2. The van der Waals surface area contributed by atoms with Gasteiger partial charge in [-0.25, -0.2) is 9.97 Å². The molecule has 3 nitrogen and oxygen atoms in total. The average molecular weight is 372 g/mol. The quantitative estimate of drug-likeness (QED) is 0.451. The summed E-state index contributed by atoms with van der Waals surface area (Å²) in [4.78, 5) is 13.9. The second kappa shape index (κ2) is 6.78. The van der Waals surface area contributed by atoms with Gasteiger partial charge in [0.25, 0.3) is 0 Å². The van der Waals surface area contributed by atoms with Crippen molar-refractivity contribution in [3.63, 3.8) is 0 Å². The first-order valence-electron chi connectivity index (χ1n) is 9.42. The Balaban J connectivity index is 1.58. The lowest BCUT2D eigenvalue weighted by Gasteiger charge is -2.34. The van der Waals surface area contributed by atoms with Crippen molar-refractivity contribution in [2.24, 2.45) is 0 Å². The second-order valence-corrected chi connectivity index (χ2v) is 8.14. The normalized spacial score (nSPS) is 16.3. The van der Waals surface area contributed by atoms with Crippen LogP contribution < -0.4 is 4.90 Å². The van der Waals surface area contributed by atoms with Crippen LogP contribution >= 0.6 is 11.3 Å². The first-order chi connectivity index (χ1) is 13.3. The average Bonchev–Trinajstić information content (AvgIpc) is 3.18. The van der Waals surface area contributed by atoms with Gasteiger partial charge >= 0.3 is 0 Å². The topological polar surface area (TPSA) is 29.0 Å². The van der Waals surface area contributed by atoms with E-state index in [1.54, 1.807) is 17.7 Å². The lowest BCUT2D eigenvalue weighted by atomic mass is 9.87. The van der Waals surface area contributed by atoms with Crippen molar-refractivity contribution in [2.75, 3.05) is 11.9 Å². The van der Waals surface area contributed by atoms with Crippen molar-refractivity contribution in [1.29, 1.82) is 0 Å². The number of anilines is 1. The van der Waals surface area contributed by atoms with Crippen molar-refractivity contribution in [1.82, 2.24) is 9.97 Å². The third kappa shape index (κ3) is 2.90. The highest BCUT2D eigenvalue weighted by Crippen LogP contribution is 2.40. The molecule has 0 amide bonds. The Morgan fingerprint density at radius 3 is 2.70 bits per heavy atom. The summed E-state index contributed by atoms with van der Waals surface area (Å²) in [6, 6.07) is 22.0. The Morgan fingerprint density at radius 2 is 1.81 bits per heavy atom. The highest BCUT2D eigenvalue weighted by molar-refractivity contribution is 7.21. The van der Waals surface area contributed by atoms with Crippen LogP contribution in [0.15, 0.2) is 67.0 Å². The Labute approximate surface area is 163 Å². The zero-order valence-electron chi connectivity index (χ0n) is 15.3. The summed E-state index contributed by atoms with van der Waals surface area (Å²) >= 11 is 1.74. The molecule has 4 heteroatoms. The Bertz CT molecular complexity index is 1090. The molecule has 1 aliphatic carbocycles. The van der Waals surface area contributed by atoms with Crippen LogP contribution in [0, 0.1) is 0 Å². The standard InChI is InChI=1S/C23H21N3S/c1-26(20-13-7-11-16-8-5-6-12-18(16)20)22-19-14-21(17-9-3-2-4-10-17)27-23(19)25-15-24-22/h2-6,8-10,12,14-15,20H,7,11,13H2,1H3/t20-/m0/s1. The van der Waals surface area contributed by atoms with Crippen molar-refractivity contribution < 1.29 is 0 Å². The van der Waals surface area contributed by atoms with Crippen molar-refractivity contribution in [3.05, 3.63) is 78.1 Å². The summed E-state index contributed by atoms with van der Waals surface area (Å²) in [5.74, 6) is 1.03. The summed E-state index contributed by atoms with van der Waals surface area (Å²) in [6.45, 7) is 0. The number of nitrogens with zero attached hydrogens (tertiary/aromatic N) is 3. The van der Waals surface area contributed by atoms with E-state index in [4.69, 9.17) is 0 Å². The van der Waals surface area contributed by atoms with E-state index in [1.807, 2.05) is 0 Å². The molecule has 0 spiro atoms. The number of rotatable bonds is 3. The minimum atomic E-state index is 0.369. The minimum Gasteiger partial charge on any atom is -0.352 e. The molecule has 2 aromatic heterocycles. The van der Waals surface area contributed by atoms with E-state index in [0.717, 1.165) is 22.5 Å². The maximum absolute atomic E-state index is 4.68. The Morgan fingerprint density at radius 1 is 1.00 bits per heavy atom. The molecule has 0 radical (unpaired) electrons. The number of fused-ring (bicyclic) bond motifs is 2. The van der Waals surface area contributed by atoms with Gasteiger partial charge in [-0.3, -0.25) is 0 Å². The summed E-state index contributed by atoms with van der Waals surface area (Å²) in [5, 5.41) is 1.15. The first-order valence-corrected chi connectivity index (χ1v) is 10.2. The van der Waals surface area contributed by atoms with Crippen molar-refractivity contribution in [2.45, 2.75) is 25.3 Å². The third-order valence-corrected chi connectivity index (χ3v) is 6.60. The molecule has 0 N–H and O–H groups in total. The lowest BCUT2D eigenvalue weighted by molar-refractivity contribution is 0.543. The van der Waals surface area contributed by atoms with Crippen LogP contribution in [0.4, 0.5) is 5.82 Å². The molecule has 0 saturated heterocycles. The maximum atomic E-state index is 4.68. The van der Waals surface area contributed by atoms with Crippen LogP contribution in [-0.4, -0.2) is 17.0 Å². The molecule has 2 aromatic carbocycles. The molecule has 1 aliphatic rings. The van der Waals surface area contributed by atoms with Crippen LogP contribution in [0.5, 0.6) is 0 Å². The van der Waals surface area contributed by atoms with E-state index in [1.165, 1.54) is 34.4 Å². The van der Waals surface area contributed by atoms with Crippen LogP contribution in [0.1, 0.15) is 30.0 Å². The van der Waals surface area contributed by atoms with E-state index in [-0.39, 0.29) is 0 Å². The first kappa shape index (κ1) is 16.5. The fourth-order valence-electron chi connectivity index (χ4n) is 4.15. The van der Waals surface area contributed by atoms with Crippen LogP contribution in [0.2, 0.25) is 0 Å². The van der Waals surface area contributed by atoms with Gasteiger partial charge in [0.1, 0.15) is 17.0 Å². The Hall–Kier alpha value is -2.72. The van der Waals surface area contributed by atoms with Crippen LogP contribution in [-0.2, 0) is 6.42 Å². The maximum Gasteiger partial charge on any atom is 0.141 e. The van der Waals surface area contributed by atoms with E-state index >= 15 is 0 Å². The van der Waals surface area contributed by atoms with Gasteiger partial charge in [0.05, 0.1) is 11.4 Å². The van der Waals surface area contributed by atoms with Crippen molar-refractivity contribution >= 4 is 27.4 Å². The van der Waals surface area contributed by atoms with Gasteiger partial charge in [-0.05, 0) is 42.0 Å². The van der Waals surface area contributed by atoms with Gasteiger partial charge in [0.15, 0.2) is 0 Å². The number of aromatic nitrogens is 2. The predicted octanol–water partition coefficient (Wildman–Crippen LogP) is 5.87. The molecular formula is C23H21N3S. The van der Waals surface area contributed by atoms with Gasteiger partial charge in [-0.15, -0.1) is 11.3 Å². The van der Waals surface area contributed by atoms with Crippen LogP contribution in [0.25, 0.3) is 20.7 Å². The summed E-state index contributed by atoms with van der Waals surface area (Å²) in [7, 11) is 2.17. The van der Waals surface area contributed by atoms with Gasteiger partial charge in [0.2, 0.25) is 0 Å². The molecular weight excluding hydrogens is 350 g/mol. The van der Waals surface area contributed by atoms with E-state index in [2.05, 4.69) is 82.6 Å². The molecule has 2 heterocycles. The molecule has 0 aliphatic heterocycles. The number of aryl methyl sites for hydroxylation is 1. The third-order valence-electron chi connectivity index (χ3n) is 5.51. The molecule has 5 rings (SSSR count). The largest absolute Gasteiger partial charge is 0.352 e. The number of thiophene rings is 1. The highest BCUT2D eigenvalue weighted by Gasteiger charge is 2.26. The molecule has 0 fully saturated rings. The molecule has 0 bridgehead atoms. The van der Waals surface area contributed by atoms with Gasteiger partial charge in [0, 0.05) is 11.9 Å². The van der Waals surface area contributed by atoms with E-state index in [0.29, 0.717) is 6.04 Å². The van der Waals surface area contributed by atoms with Gasteiger partial charge in [-0.2, -0.15) is 0 Å². The number of hydrogen-bond acceptors (Lipinski definition) is 4. The van der Waals surface area contributed by atoms with Gasteiger partial charge in [-0.1, -0.05) is 54.6 Å². The molecule has 134 valence electrons. The van der Waals surface area contributed by atoms with Crippen molar-refractivity contribution in [3.8, 4) is 10.4 Å². The predicted molar refractivity (Wildman–Crippen MR) is 113 cm³/mol. The monoisotopic (exact) mass is 371 g/mol. The summed E-state index contributed by atoms with van der Waals surface area (Å²) in [6.07, 6.45) is 5.26. The SMILES string of the molecule is CN(c1ncnc2sc(-c3ccccc3)cc12)[C@H]1CCCc2ccccc21. The fourth-order valence-corrected chi connectivity index (χ4v) is 5.15.